The molecule has 0 aliphatic heterocycles. The summed E-state index contributed by atoms with van der Waals surface area (Å²) in [5.74, 6) is 1.03. The first kappa shape index (κ1) is 20.7. The number of hydrogen-bond acceptors (Lipinski definition) is 5. The van der Waals surface area contributed by atoms with E-state index in [9.17, 15) is 4.79 Å². The van der Waals surface area contributed by atoms with Crippen molar-refractivity contribution in [1.29, 1.82) is 0 Å². The second-order valence-electron chi connectivity index (χ2n) is 6.55. The van der Waals surface area contributed by atoms with Gasteiger partial charge < -0.3 is 5.32 Å². The summed E-state index contributed by atoms with van der Waals surface area (Å²) in [6.07, 6.45) is 0. The van der Waals surface area contributed by atoms with Gasteiger partial charge in [-0.3, -0.25) is 9.36 Å². The average molecular weight is 455 g/mol. The SMILES string of the molecule is O=C(CSc1nnc(-c2cccs2)n1Cc1ccccc1)NCc1ccc(Cl)cc1. The molecule has 1 amide bonds. The summed E-state index contributed by atoms with van der Waals surface area (Å²) in [6, 6.07) is 21.6. The number of aromatic nitrogens is 3. The van der Waals surface area contributed by atoms with Crippen molar-refractivity contribution in [2.75, 3.05) is 5.75 Å². The summed E-state index contributed by atoms with van der Waals surface area (Å²) < 4.78 is 2.07. The number of rotatable bonds is 8. The zero-order valence-electron chi connectivity index (χ0n) is 16.0. The maximum atomic E-state index is 12.3. The maximum absolute atomic E-state index is 12.3. The summed E-state index contributed by atoms with van der Waals surface area (Å²) in [6.45, 7) is 1.11. The lowest BCUT2D eigenvalue weighted by Crippen LogP contribution is -2.24. The molecule has 2 aromatic carbocycles. The predicted octanol–water partition coefficient (Wildman–Crippen LogP) is 5.12. The van der Waals surface area contributed by atoms with E-state index >= 15 is 0 Å². The number of carbonyl (C=O) groups is 1. The molecule has 4 rings (SSSR count). The van der Waals surface area contributed by atoms with Gasteiger partial charge in [0.15, 0.2) is 11.0 Å². The largest absolute Gasteiger partial charge is 0.351 e. The topological polar surface area (TPSA) is 59.8 Å². The average Bonchev–Trinajstić information content (AvgIpc) is 3.43. The van der Waals surface area contributed by atoms with Crippen LogP contribution in [0.25, 0.3) is 10.7 Å². The van der Waals surface area contributed by atoms with E-state index in [0.29, 0.717) is 18.1 Å². The van der Waals surface area contributed by atoms with Crippen molar-refractivity contribution < 1.29 is 4.79 Å². The van der Waals surface area contributed by atoms with Crippen molar-refractivity contribution in [3.63, 3.8) is 0 Å². The Morgan fingerprint density at radius 3 is 2.53 bits per heavy atom. The van der Waals surface area contributed by atoms with Crippen LogP contribution in [-0.2, 0) is 17.9 Å². The van der Waals surface area contributed by atoms with Crippen LogP contribution in [0.5, 0.6) is 0 Å². The molecule has 0 spiro atoms. The van der Waals surface area contributed by atoms with Gasteiger partial charge in [0.2, 0.25) is 5.91 Å². The number of nitrogens with zero attached hydrogens (tertiary/aromatic N) is 3. The van der Waals surface area contributed by atoms with Crippen molar-refractivity contribution in [2.24, 2.45) is 0 Å². The Kier molecular flexibility index (Phi) is 6.84. The first-order chi connectivity index (χ1) is 14.7. The van der Waals surface area contributed by atoms with Crippen molar-refractivity contribution in [3.05, 3.63) is 88.3 Å². The highest BCUT2D eigenvalue weighted by Gasteiger charge is 2.16. The van der Waals surface area contributed by atoms with Crippen LogP contribution in [0.2, 0.25) is 5.02 Å². The van der Waals surface area contributed by atoms with Gasteiger partial charge in [0, 0.05) is 11.6 Å². The highest BCUT2D eigenvalue weighted by Crippen LogP contribution is 2.28. The summed E-state index contributed by atoms with van der Waals surface area (Å²) >= 11 is 8.91. The Morgan fingerprint density at radius 1 is 1.00 bits per heavy atom. The van der Waals surface area contributed by atoms with Crippen molar-refractivity contribution in [1.82, 2.24) is 20.1 Å². The molecule has 0 aliphatic carbocycles. The number of benzene rings is 2. The Labute approximate surface area is 188 Å². The van der Waals surface area contributed by atoms with E-state index in [1.807, 2.05) is 60.0 Å². The highest BCUT2D eigenvalue weighted by molar-refractivity contribution is 7.99. The molecule has 0 aliphatic rings. The van der Waals surface area contributed by atoms with E-state index in [2.05, 4.69) is 32.2 Å². The van der Waals surface area contributed by atoms with Crippen LogP contribution in [0.4, 0.5) is 0 Å². The van der Waals surface area contributed by atoms with Crippen molar-refractivity contribution in [3.8, 4) is 10.7 Å². The Balaban J connectivity index is 1.44. The van der Waals surface area contributed by atoms with E-state index in [1.165, 1.54) is 11.8 Å². The molecular weight excluding hydrogens is 436 g/mol. The number of hydrogen-bond donors (Lipinski definition) is 1. The second kappa shape index (κ2) is 9.93. The number of amides is 1. The number of thiophene rings is 1. The Bertz CT molecular complexity index is 1100. The minimum Gasteiger partial charge on any atom is -0.351 e. The third-order valence-corrected chi connectivity index (χ3v) is 6.46. The van der Waals surface area contributed by atoms with E-state index in [4.69, 9.17) is 11.6 Å². The lowest BCUT2D eigenvalue weighted by molar-refractivity contribution is -0.118. The predicted molar refractivity (Wildman–Crippen MR) is 123 cm³/mol. The van der Waals surface area contributed by atoms with Crippen LogP contribution in [0.1, 0.15) is 11.1 Å². The van der Waals surface area contributed by atoms with Crippen LogP contribution >= 0.6 is 34.7 Å². The van der Waals surface area contributed by atoms with Gasteiger partial charge in [0.1, 0.15) is 0 Å². The second-order valence-corrected chi connectivity index (χ2v) is 8.87. The summed E-state index contributed by atoms with van der Waals surface area (Å²) in [7, 11) is 0. The summed E-state index contributed by atoms with van der Waals surface area (Å²) in [5, 5.41) is 15.1. The molecule has 0 saturated carbocycles. The van der Waals surface area contributed by atoms with Gasteiger partial charge in [-0.2, -0.15) is 0 Å². The third kappa shape index (κ3) is 5.30. The van der Waals surface area contributed by atoms with Crippen molar-refractivity contribution in [2.45, 2.75) is 18.2 Å². The van der Waals surface area contributed by atoms with Crippen LogP contribution < -0.4 is 5.32 Å². The van der Waals surface area contributed by atoms with Crippen LogP contribution in [-0.4, -0.2) is 26.4 Å². The van der Waals surface area contributed by atoms with Gasteiger partial charge in [-0.15, -0.1) is 21.5 Å². The number of halogens is 1. The summed E-state index contributed by atoms with van der Waals surface area (Å²) in [4.78, 5) is 13.4. The standard InChI is InChI=1S/C22H19ClN4OS2/c23-18-10-8-16(9-11-18)13-24-20(28)15-30-22-26-25-21(19-7-4-12-29-19)27(22)14-17-5-2-1-3-6-17/h1-12H,13-15H2,(H,24,28). The minimum absolute atomic E-state index is 0.0538. The van der Waals surface area contributed by atoms with E-state index < -0.39 is 0 Å². The molecular formula is C22H19ClN4OS2. The van der Waals surface area contributed by atoms with Crippen LogP contribution in [0, 0.1) is 0 Å². The third-order valence-electron chi connectivity index (χ3n) is 4.38. The van der Waals surface area contributed by atoms with Gasteiger partial charge in [-0.1, -0.05) is 71.9 Å². The molecule has 5 nitrogen and oxygen atoms in total. The first-order valence-electron chi connectivity index (χ1n) is 9.34. The summed E-state index contributed by atoms with van der Waals surface area (Å²) in [5.41, 5.74) is 2.16. The molecule has 4 aromatic rings. The van der Waals surface area contributed by atoms with Gasteiger partial charge in [0.25, 0.3) is 0 Å². The van der Waals surface area contributed by atoms with Crippen LogP contribution in [0.3, 0.4) is 0 Å². The molecule has 0 atom stereocenters. The molecule has 30 heavy (non-hydrogen) atoms. The van der Waals surface area contributed by atoms with Gasteiger partial charge >= 0.3 is 0 Å². The Morgan fingerprint density at radius 2 is 1.80 bits per heavy atom. The monoisotopic (exact) mass is 454 g/mol. The smallest absolute Gasteiger partial charge is 0.230 e. The molecule has 0 saturated heterocycles. The Hall–Kier alpha value is -2.61. The lowest BCUT2D eigenvalue weighted by Gasteiger charge is -2.10. The fourth-order valence-electron chi connectivity index (χ4n) is 2.88. The normalized spacial score (nSPS) is 10.8. The van der Waals surface area contributed by atoms with Crippen molar-refractivity contribution >= 4 is 40.6 Å². The molecule has 2 aromatic heterocycles. The molecule has 0 bridgehead atoms. The lowest BCUT2D eigenvalue weighted by atomic mass is 10.2. The highest BCUT2D eigenvalue weighted by atomic mass is 35.5. The van der Waals surface area contributed by atoms with Crippen LogP contribution in [0.15, 0.2) is 77.3 Å². The van der Waals surface area contributed by atoms with Gasteiger partial charge in [0.05, 0.1) is 17.2 Å². The molecule has 0 radical (unpaired) electrons. The quantitative estimate of drug-likeness (QED) is 0.375. The molecule has 8 heteroatoms. The fraction of sp³-hybridized carbons (Fsp3) is 0.136. The molecule has 0 unspecified atom stereocenters. The number of nitrogens with one attached hydrogen (secondary N) is 1. The van der Waals surface area contributed by atoms with E-state index in [1.54, 1.807) is 11.3 Å². The molecule has 1 N–H and O–H groups in total. The zero-order chi connectivity index (χ0) is 20.8. The van der Waals surface area contributed by atoms with Gasteiger partial charge in [-0.25, -0.2) is 0 Å². The maximum Gasteiger partial charge on any atom is 0.230 e. The first-order valence-corrected chi connectivity index (χ1v) is 11.6. The van der Waals surface area contributed by atoms with Gasteiger partial charge in [-0.05, 0) is 34.7 Å². The van der Waals surface area contributed by atoms with E-state index in [-0.39, 0.29) is 11.7 Å². The minimum atomic E-state index is -0.0538. The number of carbonyl (C=O) groups excluding carboxylic acids is 1. The zero-order valence-corrected chi connectivity index (χ0v) is 18.4. The van der Waals surface area contributed by atoms with E-state index in [0.717, 1.165) is 27.0 Å². The fourth-order valence-corrected chi connectivity index (χ4v) is 4.49. The number of thioether (sulfide) groups is 1. The molecule has 0 fully saturated rings. The molecule has 152 valence electrons. The molecule has 2 heterocycles.